The monoisotopic (exact) mass is 318 g/mol. The fourth-order valence-electron chi connectivity index (χ4n) is 2.05. The third-order valence-electron chi connectivity index (χ3n) is 3.32. The molecule has 0 aliphatic rings. The number of hydrogen-bond donors (Lipinski definition) is 1. The van der Waals surface area contributed by atoms with Gasteiger partial charge in [-0.1, -0.05) is 12.1 Å². The van der Waals surface area contributed by atoms with Gasteiger partial charge in [-0.05, 0) is 36.8 Å². The van der Waals surface area contributed by atoms with Gasteiger partial charge in [0.25, 0.3) is 5.69 Å². The molecule has 23 heavy (non-hydrogen) atoms. The molecule has 0 amide bonds. The molecule has 0 saturated heterocycles. The molecule has 0 aliphatic carbocycles. The first-order valence-corrected chi connectivity index (χ1v) is 6.85. The molecule has 1 unspecified atom stereocenters. The zero-order valence-corrected chi connectivity index (χ0v) is 12.6. The molecule has 7 heteroatoms. The molecule has 6 nitrogen and oxygen atoms in total. The van der Waals surface area contributed by atoms with Crippen LogP contribution in [-0.4, -0.2) is 17.9 Å². The molecule has 0 aliphatic heterocycles. The number of hydrogen-bond acceptors (Lipinski definition) is 5. The van der Waals surface area contributed by atoms with E-state index < -0.39 is 17.0 Å². The summed E-state index contributed by atoms with van der Waals surface area (Å²) in [6.45, 7) is 1.64. The summed E-state index contributed by atoms with van der Waals surface area (Å²) in [4.78, 5) is 22.6. The molecule has 1 atom stereocenters. The molecule has 0 radical (unpaired) electrons. The predicted octanol–water partition coefficient (Wildman–Crippen LogP) is 3.69. The first-order chi connectivity index (χ1) is 10.9. The van der Waals surface area contributed by atoms with Crippen molar-refractivity contribution in [3.05, 3.63) is 69.5 Å². The molecule has 0 heterocycles. The van der Waals surface area contributed by atoms with Crippen LogP contribution in [0.15, 0.2) is 42.5 Å². The first kappa shape index (κ1) is 16.4. The van der Waals surface area contributed by atoms with Gasteiger partial charge >= 0.3 is 5.97 Å². The summed E-state index contributed by atoms with van der Waals surface area (Å²) in [7, 11) is 1.55. The van der Waals surface area contributed by atoms with Crippen molar-refractivity contribution in [2.75, 3.05) is 12.4 Å². The third-order valence-corrected chi connectivity index (χ3v) is 3.32. The number of rotatable bonds is 5. The Balaban J connectivity index is 2.18. The van der Waals surface area contributed by atoms with Crippen LogP contribution in [0.4, 0.5) is 15.8 Å². The topological polar surface area (TPSA) is 81.5 Å². The van der Waals surface area contributed by atoms with Crippen LogP contribution in [-0.2, 0) is 4.74 Å². The Bertz CT molecular complexity index is 731. The van der Waals surface area contributed by atoms with Crippen molar-refractivity contribution < 1.29 is 18.8 Å². The highest BCUT2D eigenvalue weighted by Gasteiger charge is 2.19. The Hall–Kier alpha value is -2.96. The van der Waals surface area contributed by atoms with Crippen LogP contribution >= 0.6 is 0 Å². The number of ether oxygens (including phenoxy) is 1. The highest BCUT2D eigenvalue weighted by atomic mass is 19.1. The van der Waals surface area contributed by atoms with E-state index >= 15 is 0 Å². The van der Waals surface area contributed by atoms with E-state index in [1.807, 2.05) is 0 Å². The highest BCUT2D eigenvalue weighted by molar-refractivity contribution is 5.91. The van der Waals surface area contributed by atoms with Crippen molar-refractivity contribution in [2.24, 2.45) is 0 Å². The molecule has 0 bridgehead atoms. The molecule has 0 spiro atoms. The summed E-state index contributed by atoms with van der Waals surface area (Å²) in [6.07, 6.45) is -0.605. The average molecular weight is 318 g/mol. The largest absolute Gasteiger partial charge is 0.454 e. The molecule has 1 N–H and O–H groups in total. The van der Waals surface area contributed by atoms with Crippen LogP contribution in [0.25, 0.3) is 0 Å². The molecule has 0 fully saturated rings. The lowest BCUT2D eigenvalue weighted by atomic mass is 10.1. The SMILES string of the molecule is CNc1ccc(C(=O)OC(C)c2ccc(F)cc2)cc1[N+](=O)[O-]. The lowest BCUT2D eigenvalue weighted by molar-refractivity contribution is -0.384. The zero-order chi connectivity index (χ0) is 17.0. The van der Waals surface area contributed by atoms with Gasteiger partial charge in [-0.2, -0.15) is 0 Å². The molecule has 120 valence electrons. The Kier molecular flexibility index (Phi) is 4.90. The average Bonchev–Trinajstić information content (AvgIpc) is 2.54. The third kappa shape index (κ3) is 3.82. The smallest absolute Gasteiger partial charge is 0.338 e. The van der Waals surface area contributed by atoms with E-state index in [-0.39, 0.29) is 17.1 Å². The second-order valence-electron chi connectivity index (χ2n) is 4.84. The van der Waals surface area contributed by atoms with Crippen LogP contribution in [0.1, 0.15) is 28.9 Å². The van der Waals surface area contributed by atoms with Gasteiger partial charge in [-0.3, -0.25) is 10.1 Å². The lowest BCUT2D eigenvalue weighted by Crippen LogP contribution is -2.10. The Morgan fingerprint density at radius 2 is 1.91 bits per heavy atom. The number of nitro benzene ring substituents is 1. The number of esters is 1. The van der Waals surface area contributed by atoms with Crippen LogP contribution in [0.5, 0.6) is 0 Å². The van der Waals surface area contributed by atoms with Gasteiger partial charge in [-0.25, -0.2) is 9.18 Å². The fourth-order valence-corrected chi connectivity index (χ4v) is 2.05. The minimum Gasteiger partial charge on any atom is -0.454 e. The summed E-state index contributed by atoms with van der Waals surface area (Å²) in [5, 5.41) is 13.7. The summed E-state index contributed by atoms with van der Waals surface area (Å²) in [5.41, 5.74) is 0.792. The molecule has 2 rings (SSSR count). The number of benzene rings is 2. The summed E-state index contributed by atoms with van der Waals surface area (Å²) in [5.74, 6) is -1.07. The first-order valence-electron chi connectivity index (χ1n) is 6.85. The molecule has 0 saturated carbocycles. The van der Waals surface area contributed by atoms with Gasteiger partial charge in [0.2, 0.25) is 0 Å². The number of nitrogens with one attached hydrogen (secondary N) is 1. The van der Waals surface area contributed by atoms with E-state index in [4.69, 9.17) is 4.74 Å². The minimum absolute atomic E-state index is 0.0738. The van der Waals surface area contributed by atoms with E-state index in [0.29, 0.717) is 11.3 Å². The lowest BCUT2D eigenvalue weighted by Gasteiger charge is -2.14. The van der Waals surface area contributed by atoms with Gasteiger partial charge in [0.05, 0.1) is 10.5 Å². The second-order valence-corrected chi connectivity index (χ2v) is 4.84. The summed E-state index contributed by atoms with van der Waals surface area (Å²) >= 11 is 0. The minimum atomic E-state index is -0.687. The van der Waals surface area contributed by atoms with Gasteiger partial charge in [0.15, 0.2) is 0 Å². The van der Waals surface area contributed by atoms with Gasteiger partial charge in [0.1, 0.15) is 17.6 Å². The maximum absolute atomic E-state index is 12.9. The van der Waals surface area contributed by atoms with Gasteiger partial charge in [-0.15, -0.1) is 0 Å². The number of nitro groups is 1. The predicted molar refractivity (Wildman–Crippen MR) is 82.9 cm³/mol. The quantitative estimate of drug-likeness (QED) is 0.516. The molecule has 2 aromatic rings. The van der Waals surface area contributed by atoms with Crippen molar-refractivity contribution in [2.45, 2.75) is 13.0 Å². The number of nitrogens with zero attached hydrogens (tertiary/aromatic N) is 1. The highest BCUT2D eigenvalue weighted by Crippen LogP contribution is 2.26. The molecule has 0 aromatic heterocycles. The van der Waals surface area contributed by atoms with E-state index in [2.05, 4.69) is 5.32 Å². The van der Waals surface area contributed by atoms with Crippen LogP contribution < -0.4 is 5.32 Å². The van der Waals surface area contributed by atoms with Crippen molar-refractivity contribution in [3.63, 3.8) is 0 Å². The van der Waals surface area contributed by atoms with Crippen LogP contribution in [0.3, 0.4) is 0 Å². The van der Waals surface area contributed by atoms with Crippen molar-refractivity contribution in [1.29, 1.82) is 0 Å². The number of halogens is 1. The Morgan fingerprint density at radius 1 is 1.26 bits per heavy atom. The number of carbonyl (C=O) groups is 1. The van der Waals surface area contributed by atoms with Crippen LogP contribution in [0.2, 0.25) is 0 Å². The Morgan fingerprint density at radius 3 is 2.48 bits per heavy atom. The molecular weight excluding hydrogens is 303 g/mol. The standard InChI is InChI=1S/C16H15FN2O4/c1-10(11-3-6-13(17)7-4-11)23-16(20)12-5-8-14(18-2)15(9-12)19(21)22/h3-10,18H,1-2H3. The zero-order valence-electron chi connectivity index (χ0n) is 12.6. The van der Waals surface area contributed by atoms with Gasteiger partial charge < -0.3 is 10.1 Å². The Labute approximate surface area is 132 Å². The maximum Gasteiger partial charge on any atom is 0.338 e. The summed E-state index contributed by atoms with van der Waals surface area (Å²) < 4.78 is 18.2. The van der Waals surface area contributed by atoms with Crippen molar-refractivity contribution in [3.8, 4) is 0 Å². The maximum atomic E-state index is 12.9. The fraction of sp³-hybridized carbons (Fsp3) is 0.188. The normalized spacial score (nSPS) is 11.6. The van der Waals surface area contributed by atoms with Crippen LogP contribution in [0, 0.1) is 15.9 Å². The van der Waals surface area contributed by atoms with Gasteiger partial charge in [0, 0.05) is 13.1 Å². The number of carbonyl (C=O) groups excluding carboxylic acids is 1. The molecular formula is C16H15FN2O4. The van der Waals surface area contributed by atoms with E-state index in [1.54, 1.807) is 14.0 Å². The van der Waals surface area contributed by atoms with E-state index in [1.165, 1.54) is 36.4 Å². The van der Waals surface area contributed by atoms with Crippen molar-refractivity contribution >= 4 is 17.3 Å². The van der Waals surface area contributed by atoms with Crippen molar-refractivity contribution in [1.82, 2.24) is 0 Å². The second kappa shape index (κ2) is 6.87. The summed E-state index contributed by atoms with van der Waals surface area (Å²) in [6, 6.07) is 9.61. The van der Waals surface area contributed by atoms with E-state index in [0.717, 1.165) is 6.07 Å². The number of anilines is 1. The molecule has 2 aromatic carbocycles. The van der Waals surface area contributed by atoms with E-state index in [9.17, 15) is 19.3 Å².